The van der Waals surface area contributed by atoms with Crippen LogP contribution in [0, 0.1) is 11.2 Å². The third kappa shape index (κ3) is 3.04. The fourth-order valence-corrected chi connectivity index (χ4v) is 2.09. The summed E-state index contributed by atoms with van der Waals surface area (Å²) >= 11 is 5.68. The number of halogens is 2. The summed E-state index contributed by atoms with van der Waals surface area (Å²) in [7, 11) is 0. The van der Waals surface area contributed by atoms with E-state index in [1.807, 2.05) is 0 Å². The molecule has 6 heteroatoms. The summed E-state index contributed by atoms with van der Waals surface area (Å²) < 4.78 is 13.5. The number of nitrogens with one attached hydrogen (secondary N) is 1. The fourth-order valence-electron chi connectivity index (χ4n) is 1.93. The molecule has 2 rings (SSSR count). The first-order chi connectivity index (χ1) is 8.54. The SMILES string of the molecule is NC(CC1(CNc2ccc(Cl)cc2F)CC1)=NO. The van der Waals surface area contributed by atoms with Crippen LogP contribution in [0.4, 0.5) is 10.1 Å². The standard InChI is InChI=1S/C12H15ClFN3O/c13-8-1-2-10(9(14)5-8)16-7-12(3-4-12)6-11(15)17-18/h1-2,5,16,18H,3-4,6-7H2,(H2,15,17). The van der Waals surface area contributed by atoms with Gasteiger partial charge in [-0.05, 0) is 36.5 Å². The molecule has 4 nitrogen and oxygen atoms in total. The van der Waals surface area contributed by atoms with Crippen molar-refractivity contribution in [2.45, 2.75) is 19.3 Å². The van der Waals surface area contributed by atoms with E-state index in [0.717, 1.165) is 12.8 Å². The van der Waals surface area contributed by atoms with Crippen LogP contribution < -0.4 is 11.1 Å². The summed E-state index contributed by atoms with van der Waals surface area (Å²) in [4.78, 5) is 0. The number of anilines is 1. The summed E-state index contributed by atoms with van der Waals surface area (Å²) in [5, 5.41) is 14.9. The maximum atomic E-state index is 13.5. The molecule has 98 valence electrons. The molecule has 0 unspecified atom stereocenters. The van der Waals surface area contributed by atoms with Crippen molar-refractivity contribution in [3.63, 3.8) is 0 Å². The molecule has 0 atom stereocenters. The lowest BCUT2D eigenvalue weighted by Crippen LogP contribution is -2.23. The highest BCUT2D eigenvalue weighted by Gasteiger charge is 2.43. The van der Waals surface area contributed by atoms with Crippen molar-refractivity contribution in [3.8, 4) is 0 Å². The molecular formula is C12H15ClFN3O. The molecule has 0 heterocycles. The first-order valence-corrected chi connectivity index (χ1v) is 6.08. The highest BCUT2D eigenvalue weighted by atomic mass is 35.5. The minimum absolute atomic E-state index is 0.0115. The van der Waals surface area contributed by atoms with Crippen LogP contribution in [-0.4, -0.2) is 17.6 Å². The minimum atomic E-state index is -0.373. The van der Waals surface area contributed by atoms with Gasteiger partial charge in [-0.25, -0.2) is 4.39 Å². The van der Waals surface area contributed by atoms with Crippen LogP contribution in [-0.2, 0) is 0 Å². The quantitative estimate of drug-likeness (QED) is 0.334. The summed E-state index contributed by atoms with van der Waals surface area (Å²) in [5.41, 5.74) is 5.91. The number of nitrogens with zero attached hydrogens (tertiary/aromatic N) is 1. The average Bonchev–Trinajstić information content (AvgIpc) is 3.08. The van der Waals surface area contributed by atoms with Crippen LogP contribution >= 0.6 is 11.6 Å². The number of nitrogens with two attached hydrogens (primary N) is 1. The van der Waals surface area contributed by atoms with Crippen molar-refractivity contribution in [1.82, 2.24) is 0 Å². The Hall–Kier alpha value is -1.49. The topological polar surface area (TPSA) is 70.6 Å². The minimum Gasteiger partial charge on any atom is -0.409 e. The Bertz CT molecular complexity index is 474. The van der Waals surface area contributed by atoms with Gasteiger partial charge < -0.3 is 16.3 Å². The zero-order valence-corrected chi connectivity index (χ0v) is 10.5. The van der Waals surface area contributed by atoms with Gasteiger partial charge in [-0.3, -0.25) is 0 Å². The van der Waals surface area contributed by atoms with Crippen molar-refractivity contribution >= 4 is 23.1 Å². The fraction of sp³-hybridized carbons (Fsp3) is 0.417. The van der Waals surface area contributed by atoms with E-state index in [0.29, 0.717) is 23.7 Å². The molecule has 1 saturated carbocycles. The molecule has 1 aromatic rings. The van der Waals surface area contributed by atoms with E-state index in [4.69, 9.17) is 22.5 Å². The molecule has 0 spiro atoms. The number of hydrogen-bond acceptors (Lipinski definition) is 3. The van der Waals surface area contributed by atoms with E-state index >= 15 is 0 Å². The molecule has 1 aliphatic carbocycles. The molecule has 0 amide bonds. The van der Waals surface area contributed by atoms with E-state index in [9.17, 15) is 4.39 Å². The third-order valence-electron chi connectivity index (χ3n) is 3.23. The van der Waals surface area contributed by atoms with Gasteiger partial charge in [-0.1, -0.05) is 16.8 Å². The molecular weight excluding hydrogens is 257 g/mol. The second-order valence-electron chi connectivity index (χ2n) is 4.75. The lowest BCUT2D eigenvalue weighted by atomic mass is 10.0. The molecule has 0 aromatic heterocycles. The van der Waals surface area contributed by atoms with E-state index < -0.39 is 0 Å². The van der Waals surface area contributed by atoms with Gasteiger partial charge in [0.2, 0.25) is 0 Å². The van der Waals surface area contributed by atoms with Gasteiger partial charge in [-0.15, -0.1) is 0 Å². The van der Waals surface area contributed by atoms with Crippen molar-refractivity contribution in [2.24, 2.45) is 16.3 Å². The van der Waals surface area contributed by atoms with Crippen molar-refractivity contribution in [2.75, 3.05) is 11.9 Å². The third-order valence-corrected chi connectivity index (χ3v) is 3.46. The molecule has 0 bridgehead atoms. The van der Waals surface area contributed by atoms with Crippen LogP contribution in [0.3, 0.4) is 0 Å². The molecule has 18 heavy (non-hydrogen) atoms. The number of amidine groups is 1. The zero-order chi connectivity index (χ0) is 13.2. The molecule has 1 fully saturated rings. The Labute approximate surface area is 110 Å². The second kappa shape index (κ2) is 5.02. The smallest absolute Gasteiger partial charge is 0.147 e. The van der Waals surface area contributed by atoms with Crippen LogP contribution in [0.5, 0.6) is 0 Å². The van der Waals surface area contributed by atoms with Gasteiger partial charge in [0, 0.05) is 18.0 Å². The van der Waals surface area contributed by atoms with E-state index in [1.54, 1.807) is 12.1 Å². The number of hydrogen-bond donors (Lipinski definition) is 3. The first-order valence-electron chi connectivity index (χ1n) is 5.70. The molecule has 4 N–H and O–H groups in total. The highest BCUT2D eigenvalue weighted by Crippen LogP contribution is 2.48. The van der Waals surface area contributed by atoms with E-state index in [2.05, 4.69) is 10.5 Å². The number of rotatable bonds is 5. The Kier molecular flexibility index (Phi) is 3.61. The molecule has 0 aliphatic heterocycles. The van der Waals surface area contributed by atoms with E-state index in [-0.39, 0.29) is 17.1 Å². The highest BCUT2D eigenvalue weighted by molar-refractivity contribution is 6.30. The molecule has 0 radical (unpaired) electrons. The maximum Gasteiger partial charge on any atom is 0.147 e. The van der Waals surface area contributed by atoms with Crippen molar-refractivity contribution < 1.29 is 9.60 Å². The summed E-state index contributed by atoms with van der Waals surface area (Å²) in [6, 6.07) is 4.51. The average molecular weight is 272 g/mol. The Morgan fingerprint density at radius 2 is 2.28 bits per heavy atom. The maximum absolute atomic E-state index is 13.5. The van der Waals surface area contributed by atoms with Gasteiger partial charge in [0.05, 0.1) is 5.69 Å². The zero-order valence-electron chi connectivity index (χ0n) is 9.79. The summed E-state index contributed by atoms with van der Waals surface area (Å²) in [6.07, 6.45) is 2.50. The molecule has 1 aliphatic rings. The lowest BCUT2D eigenvalue weighted by molar-refractivity contribution is 0.315. The normalized spacial score (nSPS) is 17.6. The van der Waals surface area contributed by atoms with Gasteiger partial charge in [0.1, 0.15) is 11.7 Å². The van der Waals surface area contributed by atoms with Gasteiger partial charge >= 0.3 is 0 Å². The molecule has 0 saturated heterocycles. The van der Waals surface area contributed by atoms with Crippen LogP contribution in [0.1, 0.15) is 19.3 Å². The van der Waals surface area contributed by atoms with Crippen LogP contribution in [0.2, 0.25) is 5.02 Å². The van der Waals surface area contributed by atoms with Gasteiger partial charge in [0.25, 0.3) is 0 Å². The monoisotopic (exact) mass is 271 g/mol. The number of benzene rings is 1. The lowest BCUT2D eigenvalue weighted by Gasteiger charge is -2.16. The Morgan fingerprint density at radius 3 is 2.83 bits per heavy atom. The first kappa shape index (κ1) is 13.0. The van der Waals surface area contributed by atoms with E-state index in [1.165, 1.54) is 6.07 Å². The largest absolute Gasteiger partial charge is 0.409 e. The van der Waals surface area contributed by atoms with Crippen molar-refractivity contribution in [1.29, 1.82) is 0 Å². The molecule has 1 aromatic carbocycles. The van der Waals surface area contributed by atoms with Crippen LogP contribution in [0.25, 0.3) is 0 Å². The second-order valence-corrected chi connectivity index (χ2v) is 5.18. The summed E-state index contributed by atoms with van der Waals surface area (Å²) in [5.74, 6) is -0.159. The Balaban J connectivity index is 1.95. The van der Waals surface area contributed by atoms with Gasteiger partial charge in [-0.2, -0.15) is 0 Å². The summed E-state index contributed by atoms with van der Waals surface area (Å²) in [6.45, 7) is 0.599. The Morgan fingerprint density at radius 1 is 1.56 bits per heavy atom. The van der Waals surface area contributed by atoms with Gasteiger partial charge in [0.15, 0.2) is 0 Å². The predicted molar refractivity (Wildman–Crippen MR) is 69.6 cm³/mol. The van der Waals surface area contributed by atoms with Crippen LogP contribution in [0.15, 0.2) is 23.4 Å². The predicted octanol–water partition coefficient (Wildman–Crippen LogP) is 2.81. The van der Waals surface area contributed by atoms with Crippen molar-refractivity contribution in [3.05, 3.63) is 29.0 Å². The number of oxime groups is 1.